The normalized spacial score (nSPS) is 13.2. The van der Waals surface area contributed by atoms with Crippen LogP contribution in [-0.2, 0) is 0 Å². The molecule has 4 rings (SSSR count). The fraction of sp³-hybridized carbons (Fsp3) is 0.556. The number of benzene rings is 4. The van der Waals surface area contributed by atoms with Crippen molar-refractivity contribution >= 4 is 11.4 Å². The van der Waals surface area contributed by atoms with Gasteiger partial charge in [-0.15, -0.1) is 0 Å². The highest BCUT2D eigenvalue weighted by Gasteiger charge is 2.20. The van der Waals surface area contributed by atoms with E-state index >= 15 is 0 Å². The van der Waals surface area contributed by atoms with E-state index in [4.69, 9.17) is 11.5 Å². The highest BCUT2D eigenvalue weighted by Crippen LogP contribution is 2.37. The van der Waals surface area contributed by atoms with Crippen LogP contribution in [0, 0.1) is 13.8 Å². The molecule has 4 aromatic rings. The van der Waals surface area contributed by atoms with Gasteiger partial charge in [-0.05, 0) is 95.5 Å². The summed E-state index contributed by atoms with van der Waals surface area (Å²) in [4.78, 5) is 0. The number of nitrogen functional groups attached to an aromatic ring is 2. The molecule has 306 valence electrons. The lowest BCUT2D eigenvalue weighted by atomic mass is 9.82. The van der Waals surface area contributed by atoms with Crippen molar-refractivity contribution in [1.82, 2.24) is 0 Å². The van der Waals surface area contributed by atoms with Gasteiger partial charge in [0.05, 0.1) is 0 Å². The predicted octanol–water partition coefficient (Wildman–Crippen LogP) is 16.5. The summed E-state index contributed by atoms with van der Waals surface area (Å²) in [5.74, 6) is 1.13. The smallest absolute Gasteiger partial charge is 0.0316 e. The van der Waals surface area contributed by atoms with E-state index < -0.39 is 0 Å². The maximum absolute atomic E-state index is 6.20. The number of unbranched alkanes of at least 4 members (excludes halogenated alkanes) is 18. The molecule has 0 radical (unpaired) electrons. The minimum absolute atomic E-state index is 0.329. The zero-order chi connectivity index (χ0) is 40.0. The Kier molecular flexibility index (Phi) is 20.7. The number of nitrogens with two attached hydrogens (primary N) is 2. The first-order valence-corrected chi connectivity index (χ1v) is 23.2. The molecule has 56 heavy (non-hydrogen) atoms. The molecular weight excluding hydrogens is 677 g/mol. The maximum Gasteiger partial charge on any atom is 0.0316 e. The van der Waals surface area contributed by atoms with Gasteiger partial charge in [0.2, 0.25) is 0 Å². The van der Waals surface area contributed by atoms with Crippen LogP contribution in [0.25, 0.3) is 0 Å². The quantitative estimate of drug-likeness (QED) is 0.0448. The summed E-state index contributed by atoms with van der Waals surface area (Å²) >= 11 is 0. The molecule has 0 aromatic heterocycles. The third kappa shape index (κ3) is 15.1. The van der Waals surface area contributed by atoms with Gasteiger partial charge in [0.1, 0.15) is 0 Å². The van der Waals surface area contributed by atoms with Gasteiger partial charge >= 0.3 is 0 Å². The first-order chi connectivity index (χ1) is 27.3. The van der Waals surface area contributed by atoms with Crippen LogP contribution in [0.5, 0.6) is 0 Å². The zero-order valence-corrected chi connectivity index (χ0v) is 36.5. The van der Waals surface area contributed by atoms with Crippen molar-refractivity contribution in [2.75, 3.05) is 11.5 Å². The van der Waals surface area contributed by atoms with E-state index in [2.05, 4.69) is 120 Å². The van der Waals surface area contributed by atoms with Crippen LogP contribution in [-0.4, -0.2) is 0 Å². The lowest BCUT2D eigenvalue weighted by Crippen LogP contribution is -2.06. The second-order valence-corrected chi connectivity index (χ2v) is 17.3. The molecule has 0 saturated heterocycles. The largest absolute Gasteiger partial charge is 0.399 e. The Morgan fingerprint density at radius 3 is 0.964 bits per heavy atom. The predicted molar refractivity (Wildman–Crippen MR) is 248 cm³/mol. The number of anilines is 2. The van der Waals surface area contributed by atoms with E-state index in [9.17, 15) is 0 Å². The molecule has 0 aliphatic carbocycles. The van der Waals surface area contributed by atoms with Gasteiger partial charge in [-0.3, -0.25) is 0 Å². The van der Waals surface area contributed by atoms with Crippen LogP contribution in [0.1, 0.15) is 224 Å². The molecule has 4 aromatic carbocycles. The topological polar surface area (TPSA) is 52.0 Å². The SMILES string of the molecule is CCCCCCCCCCCCC(c1ccc(C(C)c2ccc(C(CCCCCCCCCCCC)c3ccc(N)cc3C)cc2)cc1)c1ccc(N)cc1C. The number of aryl methyl sites for hydroxylation is 2. The van der Waals surface area contributed by atoms with E-state index in [0.29, 0.717) is 17.8 Å². The monoisotopic (exact) mass is 757 g/mol. The Bertz CT molecular complexity index is 1510. The lowest BCUT2D eigenvalue weighted by molar-refractivity contribution is 0.540. The number of rotatable bonds is 28. The van der Waals surface area contributed by atoms with Gasteiger partial charge < -0.3 is 11.5 Å². The van der Waals surface area contributed by atoms with Crippen molar-refractivity contribution in [2.45, 2.75) is 194 Å². The van der Waals surface area contributed by atoms with Crippen molar-refractivity contribution in [2.24, 2.45) is 0 Å². The van der Waals surface area contributed by atoms with E-state index in [1.54, 1.807) is 0 Å². The summed E-state index contributed by atoms with van der Waals surface area (Å²) in [7, 11) is 0. The molecule has 4 N–H and O–H groups in total. The third-order valence-electron chi connectivity index (χ3n) is 12.7. The second kappa shape index (κ2) is 25.7. The van der Waals surface area contributed by atoms with Crippen molar-refractivity contribution in [3.05, 3.63) is 129 Å². The minimum Gasteiger partial charge on any atom is -0.399 e. The fourth-order valence-electron chi connectivity index (χ4n) is 9.08. The molecule has 2 atom stereocenters. The average molecular weight is 757 g/mol. The summed E-state index contributed by atoms with van der Waals surface area (Å²) in [6.07, 6.45) is 29.7. The molecule has 0 saturated carbocycles. The maximum atomic E-state index is 6.20. The lowest BCUT2D eigenvalue weighted by Gasteiger charge is -2.23. The van der Waals surface area contributed by atoms with E-state index in [1.165, 1.54) is 186 Å². The summed E-state index contributed by atoms with van der Waals surface area (Å²) < 4.78 is 0. The Labute approximate surface area is 344 Å². The summed E-state index contributed by atoms with van der Waals surface area (Å²) in [6.45, 7) is 11.4. The Balaban J connectivity index is 1.38. The summed E-state index contributed by atoms with van der Waals surface area (Å²) in [5, 5.41) is 0. The molecule has 0 spiro atoms. The standard InChI is InChI=1S/C54H80N2/c1-6-8-10-12-14-16-18-20-22-24-26-53(51-38-36-49(55)40-42(51)3)47-32-28-45(29-33-47)44(5)46-30-34-48(35-31-46)54(52-39-37-50(56)41-43(52)4)27-25-23-21-19-17-15-13-11-9-7-2/h28-41,44,53-54H,6-27,55-56H2,1-5H3. The summed E-state index contributed by atoms with van der Waals surface area (Å²) in [6, 6.07) is 32.2. The molecule has 2 nitrogen and oxygen atoms in total. The van der Waals surface area contributed by atoms with Crippen molar-refractivity contribution in [3.63, 3.8) is 0 Å². The molecule has 0 aliphatic heterocycles. The number of hydrogen-bond donors (Lipinski definition) is 2. The van der Waals surface area contributed by atoms with E-state index in [1.807, 2.05) is 0 Å². The van der Waals surface area contributed by atoms with Crippen molar-refractivity contribution in [3.8, 4) is 0 Å². The highest BCUT2D eigenvalue weighted by molar-refractivity contribution is 5.49. The van der Waals surface area contributed by atoms with Gasteiger partial charge in [-0.2, -0.15) is 0 Å². The molecule has 0 heterocycles. The van der Waals surface area contributed by atoms with Crippen LogP contribution in [0.4, 0.5) is 11.4 Å². The van der Waals surface area contributed by atoms with Gasteiger partial charge in [0, 0.05) is 29.1 Å². The summed E-state index contributed by atoms with van der Waals surface area (Å²) in [5.41, 5.74) is 25.2. The first kappa shape index (κ1) is 45.2. The van der Waals surface area contributed by atoms with Gasteiger partial charge in [-0.25, -0.2) is 0 Å². The molecule has 0 aliphatic rings. The molecular formula is C54H80N2. The second-order valence-electron chi connectivity index (χ2n) is 17.3. The molecule has 2 heteroatoms. The van der Waals surface area contributed by atoms with Crippen molar-refractivity contribution in [1.29, 1.82) is 0 Å². The molecule has 0 fully saturated rings. The first-order valence-electron chi connectivity index (χ1n) is 23.2. The minimum atomic E-state index is 0.329. The number of hydrogen-bond acceptors (Lipinski definition) is 2. The van der Waals surface area contributed by atoms with E-state index in [-0.39, 0.29) is 0 Å². The van der Waals surface area contributed by atoms with Crippen LogP contribution in [0.15, 0.2) is 84.9 Å². The van der Waals surface area contributed by atoms with Crippen LogP contribution < -0.4 is 11.5 Å². The molecule has 2 unspecified atom stereocenters. The molecule has 0 bridgehead atoms. The van der Waals surface area contributed by atoms with Crippen LogP contribution in [0.3, 0.4) is 0 Å². The Morgan fingerprint density at radius 2 is 0.661 bits per heavy atom. The van der Waals surface area contributed by atoms with Crippen molar-refractivity contribution < 1.29 is 0 Å². The highest BCUT2D eigenvalue weighted by atomic mass is 14.5. The third-order valence-corrected chi connectivity index (χ3v) is 12.7. The fourth-order valence-corrected chi connectivity index (χ4v) is 9.08. The van der Waals surface area contributed by atoms with Gasteiger partial charge in [0.15, 0.2) is 0 Å². The average Bonchev–Trinajstić information content (AvgIpc) is 3.20. The Morgan fingerprint density at radius 1 is 0.375 bits per heavy atom. The molecule has 0 amide bonds. The van der Waals surface area contributed by atoms with Gasteiger partial charge in [0.25, 0.3) is 0 Å². The van der Waals surface area contributed by atoms with Crippen LogP contribution >= 0.6 is 0 Å². The van der Waals surface area contributed by atoms with E-state index in [0.717, 1.165) is 11.4 Å². The Hall–Kier alpha value is -3.52. The van der Waals surface area contributed by atoms with Crippen LogP contribution in [0.2, 0.25) is 0 Å². The zero-order valence-electron chi connectivity index (χ0n) is 36.5. The van der Waals surface area contributed by atoms with Gasteiger partial charge in [-0.1, -0.05) is 210 Å².